The van der Waals surface area contributed by atoms with Crippen molar-refractivity contribution in [3.8, 4) is 0 Å². The first kappa shape index (κ1) is 22.0. The highest BCUT2D eigenvalue weighted by Gasteiger charge is 2.35. The number of hydrogen-bond donors (Lipinski definition) is 4. The summed E-state index contributed by atoms with van der Waals surface area (Å²) in [5.74, 6) is -2.28. The number of aromatic nitrogens is 2. The number of benzene rings is 2. The number of fused-ring (bicyclic) bond motifs is 1. The third kappa shape index (κ3) is 4.67. The average molecular weight is 469 g/mol. The molecule has 2 amide bonds. The van der Waals surface area contributed by atoms with Crippen LogP contribution >= 0.6 is 11.6 Å². The van der Waals surface area contributed by atoms with E-state index in [1.807, 2.05) is 0 Å². The summed E-state index contributed by atoms with van der Waals surface area (Å²) in [6.45, 7) is 1.67. The monoisotopic (exact) mass is 468 g/mol. The summed E-state index contributed by atoms with van der Waals surface area (Å²) < 4.78 is 0. The Kier molecular flexibility index (Phi) is 5.80. The summed E-state index contributed by atoms with van der Waals surface area (Å²) in [4.78, 5) is 55.4. The number of carbonyl (C=O) groups excluding carboxylic acids is 2. The number of hydrogen-bond acceptors (Lipinski definition) is 7. The highest BCUT2D eigenvalue weighted by atomic mass is 35.5. The van der Waals surface area contributed by atoms with Gasteiger partial charge in [0.25, 0.3) is 11.2 Å². The normalized spacial score (nSPS) is 14.7. The number of aryl methyl sites for hydroxylation is 1. The fourth-order valence-electron chi connectivity index (χ4n) is 3.44. The predicted octanol–water partition coefficient (Wildman–Crippen LogP) is 3.45. The van der Waals surface area contributed by atoms with Gasteiger partial charge in [0, 0.05) is 29.3 Å². The topological polar surface area (TPSA) is 159 Å². The van der Waals surface area contributed by atoms with Crippen LogP contribution in [0.25, 0.3) is 0 Å². The van der Waals surface area contributed by atoms with Gasteiger partial charge in [-0.25, -0.2) is 0 Å². The first-order valence-electron chi connectivity index (χ1n) is 9.74. The van der Waals surface area contributed by atoms with Crippen molar-refractivity contribution in [2.75, 3.05) is 16.0 Å². The van der Waals surface area contributed by atoms with E-state index >= 15 is 0 Å². The molecular weight excluding hydrogens is 452 g/mol. The van der Waals surface area contributed by atoms with E-state index in [0.717, 1.165) is 0 Å². The van der Waals surface area contributed by atoms with Crippen molar-refractivity contribution >= 4 is 52.2 Å². The van der Waals surface area contributed by atoms with Gasteiger partial charge in [-0.05, 0) is 30.7 Å². The molecule has 2 heterocycles. The van der Waals surface area contributed by atoms with Gasteiger partial charge in [0.2, 0.25) is 17.8 Å². The lowest BCUT2D eigenvalue weighted by Crippen LogP contribution is -2.36. The maximum absolute atomic E-state index is 13.0. The number of amides is 2. The first-order valence-corrected chi connectivity index (χ1v) is 10.1. The molecule has 3 aromatic rings. The Bertz CT molecular complexity index is 1360. The number of rotatable bonds is 5. The molecule has 2 aromatic carbocycles. The molecule has 4 N–H and O–H groups in total. The van der Waals surface area contributed by atoms with Gasteiger partial charge >= 0.3 is 0 Å². The molecule has 0 aliphatic carbocycles. The molecule has 12 heteroatoms. The molecule has 0 fully saturated rings. The van der Waals surface area contributed by atoms with E-state index in [4.69, 9.17) is 11.6 Å². The summed E-state index contributed by atoms with van der Waals surface area (Å²) in [6, 6.07) is 10.8. The van der Waals surface area contributed by atoms with Gasteiger partial charge in [-0.2, -0.15) is 4.98 Å². The van der Waals surface area contributed by atoms with E-state index in [1.54, 1.807) is 31.2 Å². The number of nitro benzene ring substituents is 1. The molecule has 1 aromatic heterocycles. The average Bonchev–Trinajstić information content (AvgIpc) is 2.74. The minimum Gasteiger partial charge on any atom is -0.326 e. The number of nitrogens with one attached hydrogen (secondary N) is 4. The van der Waals surface area contributed by atoms with Crippen LogP contribution in [0.1, 0.15) is 23.5 Å². The minimum atomic E-state index is -1.14. The lowest BCUT2D eigenvalue weighted by atomic mass is 9.92. The molecule has 0 saturated carbocycles. The van der Waals surface area contributed by atoms with Crippen LogP contribution in [0.4, 0.5) is 28.8 Å². The molecule has 0 saturated heterocycles. The molecule has 1 atom stereocenters. The van der Waals surface area contributed by atoms with Gasteiger partial charge in [-0.1, -0.05) is 23.7 Å². The second-order valence-corrected chi connectivity index (χ2v) is 7.80. The van der Waals surface area contributed by atoms with Crippen LogP contribution in [0, 0.1) is 17.0 Å². The number of nitrogens with zero attached hydrogens (tertiary/aromatic N) is 2. The summed E-state index contributed by atoms with van der Waals surface area (Å²) in [6.07, 6.45) is -0.279. The van der Waals surface area contributed by atoms with E-state index < -0.39 is 28.2 Å². The third-order valence-electron chi connectivity index (χ3n) is 5.04. The molecule has 0 unspecified atom stereocenters. The van der Waals surface area contributed by atoms with Crippen molar-refractivity contribution in [2.24, 2.45) is 0 Å². The number of aromatic amines is 1. The summed E-state index contributed by atoms with van der Waals surface area (Å²) in [7, 11) is 0. The van der Waals surface area contributed by atoms with Crippen LogP contribution < -0.4 is 21.5 Å². The summed E-state index contributed by atoms with van der Waals surface area (Å²) in [5, 5.41) is 19.5. The molecule has 1 aliphatic rings. The predicted molar refractivity (Wildman–Crippen MR) is 122 cm³/mol. The molecule has 0 bridgehead atoms. The number of halogens is 1. The molecular formula is C21H17ClN6O5. The van der Waals surface area contributed by atoms with E-state index in [0.29, 0.717) is 16.3 Å². The minimum absolute atomic E-state index is 0.00757. The van der Waals surface area contributed by atoms with Gasteiger partial charge in [-0.15, -0.1) is 0 Å². The fourth-order valence-corrected chi connectivity index (χ4v) is 3.63. The van der Waals surface area contributed by atoms with Gasteiger partial charge in [0.1, 0.15) is 5.82 Å². The zero-order valence-electron chi connectivity index (χ0n) is 17.1. The van der Waals surface area contributed by atoms with Crippen molar-refractivity contribution in [1.82, 2.24) is 9.97 Å². The molecule has 1 aliphatic heterocycles. The van der Waals surface area contributed by atoms with E-state index in [1.165, 1.54) is 18.2 Å². The van der Waals surface area contributed by atoms with Crippen molar-refractivity contribution < 1.29 is 14.5 Å². The maximum Gasteiger partial charge on any atom is 0.271 e. The summed E-state index contributed by atoms with van der Waals surface area (Å²) >= 11 is 5.96. The number of H-pyrrole nitrogens is 1. The Labute approximate surface area is 191 Å². The van der Waals surface area contributed by atoms with Crippen LogP contribution in [0.5, 0.6) is 0 Å². The molecule has 4 rings (SSSR count). The van der Waals surface area contributed by atoms with Gasteiger partial charge in [0.05, 0.1) is 22.1 Å². The van der Waals surface area contributed by atoms with Gasteiger partial charge in [-0.3, -0.25) is 29.5 Å². The van der Waals surface area contributed by atoms with Gasteiger partial charge < -0.3 is 16.0 Å². The molecule has 33 heavy (non-hydrogen) atoms. The summed E-state index contributed by atoms with van der Waals surface area (Å²) in [5.41, 5.74) is 0.539. The Hall–Kier alpha value is -4.25. The van der Waals surface area contributed by atoms with Crippen LogP contribution in [0.3, 0.4) is 0 Å². The first-order chi connectivity index (χ1) is 15.7. The second kappa shape index (κ2) is 8.71. The largest absolute Gasteiger partial charge is 0.326 e. The molecule has 11 nitrogen and oxygen atoms in total. The van der Waals surface area contributed by atoms with Crippen molar-refractivity contribution in [1.29, 1.82) is 0 Å². The quantitative estimate of drug-likeness (QED) is 0.329. The standard InChI is InChI=1S/C21H17ClN6O5/c1-10-5-6-13(28(32)33)8-15(10)24-19(30)14-9-16(29)25-18-17(14)20(31)27-21(26-18)23-12-4-2-3-11(22)7-12/h2-8,14H,9H2,1H3,(H,24,30)(H3,23,25,26,27,29,31)/t14-/m1/s1. The lowest BCUT2D eigenvalue weighted by molar-refractivity contribution is -0.384. The van der Waals surface area contributed by atoms with Crippen LogP contribution in [-0.4, -0.2) is 26.7 Å². The second-order valence-electron chi connectivity index (χ2n) is 7.36. The van der Waals surface area contributed by atoms with E-state index in [9.17, 15) is 24.5 Å². The molecule has 0 radical (unpaired) electrons. The highest BCUT2D eigenvalue weighted by molar-refractivity contribution is 6.30. The number of non-ortho nitro benzene ring substituents is 1. The maximum atomic E-state index is 13.0. The van der Waals surface area contributed by atoms with Crippen molar-refractivity contribution in [3.05, 3.63) is 79.1 Å². The van der Waals surface area contributed by atoms with Crippen LogP contribution in [0.15, 0.2) is 47.3 Å². The molecule has 168 valence electrons. The SMILES string of the molecule is Cc1ccc([N+](=O)[O-])cc1NC(=O)[C@@H]1CC(=O)Nc2nc(Nc3cccc(Cl)c3)[nH]c(=O)c21. The Morgan fingerprint density at radius 1 is 1.24 bits per heavy atom. The van der Waals surface area contributed by atoms with Crippen molar-refractivity contribution in [3.63, 3.8) is 0 Å². The smallest absolute Gasteiger partial charge is 0.271 e. The zero-order chi connectivity index (χ0) is 23.7. The van der Waals surface area contributed by atoms with E-state index in [2.05, 4.69) is 25.9 Å². The third-order valence-corrected chi connectivity index (χ3v) is 5.28. The highest BCUT2D eigenvalue weighted by Crippen LogP contribution is 2.31. The number of nitro groups is 1. The van der Waals surface area contributed by atoms with E-state index in [-0.39, 0.29) is 35.1 Å². The fraction of sp³-hybridized carbons (Fsp3) is 0.143. The number of carbonyl (C=O) groups is 2. The molecule has 0 spiro atoms. The number of anilines is 4. The zero-order valence-corrected chi connectivity index (χ0v) is 17.9. The van der Waals surface area contributed by atoms with Crippen LogP contribution in [-0.2, 0) is 9.59 Å². The van der Waals surface area contributed by atoms with Crippen LogP contribution in [0.2, 0.25) is 5.02 Å². The Morgan fingerprint density at radius 3 is 2.76 bits per heavy atom. The van der Waals surface area contributed by atoms with Crippen molar-refractivity contribution in [2.45, 2.75) is 19.3 Å². The lowest BCUT2D eigenvalue weighted by Gasteiger charge is -2.24. The Balaban J connectivity index is 1.65. The Morgan fingerprint density at radius 2 is 2.03 bits per heavy atom. The van der Waals surface area contributed by atoms with Gasteiger partial charge in [0.15, 0.2) is 0 Å².